The third kappa shape index (κ3) is 3.36. The summed E-state index contributed by atoms with van der Waals surface area (Å²) < 4.78 is 41.7. The number of aryl methyl sites for hydroxylation is 1. The lowest BCUT2D eigenvalue weighted by molar-refractivity contribution is 0.602. The number of sulfone groups is 1. The van der Waals surface area contributed by atoms with Gasteiger partial charge in [-0.15, -0.1) is 0 Å². The molecule has 0 saturated carbocycles. The number of pyridine rings is 1. The molecule has 2 aromatic carbocycles. The largest absolute Gasteiger partial charge is 0.353 e. The van der Waals surface area contributed by atoms with Crippen LogP contribution >= 0.6 is 0 Å². The van der Waals surface area contributed by atoms with Gasteiger partial charge in [-0.1, -0.05) is 12.1 Å². The summed E-state index contributed by atoms with van der Waals surface area (Å²) >= 11 is 0. The zero-order valence-corrected chi connectivity index (χ0v) is 18.1. The first-order valence-electron chi connectivity index (χ1n) is 9.73. The van der Waals surface area contributed by atoms with Crippen LogP contribution in [0.25, 0.3) is 33.1 Å². The molecule has 0 aliphatic rings. The van der Waals surface area contributed by atoms with E-state index in [2.05, 4.69) is 20.3 Å². The van der Waals surface area contributed by atoms with E-state index in [1.54, 1.807) is 42.2 Å². The third-order valence-corrected chi connectivity index (χ3v) is 6.46. The number of hydrogen-bond donors (Lipinski definition) is 1. The van der Waals surface area contributed by atoms with Crippen molar-refractivity contribution < 1.29 is 12.8 Å². The highest BCUT2D eigenvalue weighted by atomic mass is 32.2. The molecule has 9 heteroatoms. The van der Waals surface area contributed by atoms with E-state index >= 15 is 4.39 Å². The van der Waals surface area contributed by atoms with Gasteiger partial charge in [-0.3, -0.25) is 15.0 Å². The zero-order chi connectivity index (χ0) is 22.5. The molecule has 5 rings (SSSR count). The van der Waals surface area contributed by atoms with Gasteiger partial charge in [0.05, 0.1) is 33.3 Å². The van der Waals surface area contributed by atoms with Crippen LogP contribution in [0.15, 0.2) is 72.3 Å². The molecule has 0 aliphatic carbocycles. The number of benzene rings is 2. The minimum Gasteiger partial charge on any atom is -0.353 e. The summed E-state index contributed by atoms with van der Waals surface area (Å²) in [6, 6.07) is 10.3. The first-order valence-corrected chi connectivity index (χ1v) is 11.6. The Labute approximate surface area is 183 Å². The normalized spacial score (nSPS) is 11.8. The van der Waals surface area contributed by atoms with Gasteiger partial charge in [0.1, 0.15) is 0 Å². The highest BCUT2D eigenvalue weighted by Crippen LogP contribution is 2.36. The molecule has 160 valence electrons. The van der Waals surface area contributed by atoms with Gasteiger partial charge in [0.25, 0.3) is 0 Å². The van der Waals surface area contributed by atoms with Gasteiger partial charge in [-0.2, -0.15) is 0 Å². The lowest BCUT2D eigenvalue weighted by Crippen LogP contribution is -2.03. The predicted octanol–water partition coefficient (Wildman–Crippen LogP) is 4.47. The summed E-state index contributed by atoms with van der Waals surface area (Å²) in [5, 5.41) is 3.91. The summed E-state index contributed by atoms with van der Waals surface area (Å²) in [7, 11) is -1.69. The van der Waals surface area contributed by atoms with Crippen LogP contribution in [0.5, 0.6) is 0 Å². The minimum absolute atomic E-state index is 0.115. The fourth-order valence-corrected chi connectivity index (χ4v) is 4.67. The van der Waals surface area contributed by atoms with Gasteiger partial charge in [0, 0.05) is 60.3 Å². The monoisotopic (exact) mass is 447 g/mol. The highest BCUT2D eigenvalue weighted by molar-refractivity contribution is 7.90. The summed E-state index contributed by atoms with van der Waals surface area (Å²) in [6.07, 6.45) is 8.91. The van der Waals surface area contributed by atoms with Gasteiger partial charge in [0.2, 0.25) is 0 Å². The number of anilines is 2. The van der Waals surface area contributed by atoms with Gasteiger partial charge >= 0.3 is 0 Å². The highest BCUT2D eigenvalue weighted by Gasteiger charge is 2.18. The van der Waals surface area contributed by atoms with Crippen LogP contribution < -0.4 is 5.32 Å². The van der Waals surface area contributed by atoms with Crippen molar-refractivity contribution in [3.8, 4) is 11.1 Å². The minimum atomic E-state index is -3.48. The van der Waals surface area contributed by atoms with Gasteiger partial charge in [-0.25, -0.2) is 12.8 Å². The summed E-state index contributed by atoms with van der Waals surface area (Å²) in [6.45, 7) is 0. The number of halogens is 1. The number of fused-ring (bicyclic) bond motifs is 2. The Morgan fingerprint density at radius 1 is 1.00 bits per heavy atom. The van der Waals surface area contributed by atoms with E-state index in [1.165, 1.54) is 18.5 Å². The van der Waals surface area contributed by atoms with Crippen LogP contribution in [-0.2, 0) is 16.9 Å². The van der Waals surface area contributed by atoms with Crippen LogP contribution in [0, 0.1) is 5.82 Å². The van der Waals surface area contributed by atoms with Crippen molar-refractivity contribution in [1.29, 1.82) is 0 Å². The Bertz CT molecular complexity index is 1610. The standard InChI is InChI=1S/C23H18FN5O2S/c1-29-10-6-14-3-4-16(21(24)23(14)29)17-11-15(12-18-22(17)27-9-8-26-18)28-19-13-25-7-5-20(19)32(2,30)31/h3-13,28H,1-2H3. The lowest BCUT2D eigenvalue weighted by Gasteiger charge is -2.14. The molecule has 0 spiro atoms. The van der Waals surface area contributed by atoms with Gasteiger partial charge in [-0.05, 0) is 24.3 Å². The fraction of sp³-hybridized carbons (Fsp3) is 0.0870. The van der Waals surface area contributed by atoms with Gasteiger partial charge < -0.3 is 9.88 Å². The first kappa shape index (κ1) is 20.1. The van der Waals surface area contributed by atoms with Crippen molar-refractivity contribution in [3.05, 3.63) is 73.2 Å². The van der Waals surface area contributed by atoms with Crippen molar-refractivity contribution >= 4 is 43.1 Å². The molecule has 0 unspecified atom stereocenters. The van der Waals surface area contributed by atoms with E-state index in [9.17, 15) is 8.42 Å². The van der Waals surface area contributed by atoms with E-state index in [4.69, 9.17) is 0 Å². The van der Waals surface area contributed by atoms with Crippen molar-refractivity contribution in [3.63, 3.8) is 0 Å². The van der Waals surface area contributed by atoms with E-state index in [0.717, 1.165) is 11.6 Å². The number of nitrogens with one attached hydrogen (secondary N) is 1. The molecule has 0 radical (unpaired) electrons. The van der Waals surface area contributed by atoms with E-state index in [0.29, 0.717) is 39.1 Å². The lowest BCUT2D eigenvalue weighted by atomic mass is 10.0. The van der Waals surface area contributed by atoms with Crippen LogP contribution in [0.4, 0.5) is 15.8 Å². The Balaban J connectivity index is 1.73. The maximum Gasteiger partial charge on any atom is 0.177 e. The van der Waals surface area contributed by atoms with Crippen molar-refractivity contribution in [2.24, 2.45) is 7.05 Å². The second-order valence-corrected chi connectivity index (χ2v) is 9.49. The van der Waals surface area contributed by atoms with Gasteiger partial charge in [0.15, 0.2) is 15.7 Å². The molecular formula is C23H18FN5O2S. The topological polar surface area (TPSA) is 89.8 Å². The molecule has 0 atom stereocenters. The summed E-state index contributed by atoms with van der Waals surface area (Å²) in [4.78, 5) is 12.9. The molecule has 0 bridgehead atoms. The molecule has 7 nitrogen and oxygen atoms in total. The van der Waals surface area contributed by atoms with Crippen molar-refractivity contribution in [2.75, 3.05) is 11.6 Å². The number of hydrogen-bond acceptors (Lipinski definition) is 6. The average Bonchev–Trinajstić information content (AvgIpc) is 3.15. The number of nitrogens with zero attached hydrogens (tertiary/aromatic N) is 4. The molecular weight excluding hydrogens is 429 g/mol. The Morgan fingerprint density at radius 3 is 2.62 bits per heavy atom. The molecule has 3 heterocycles. The fourth-order valence-electron chi connectivity index (χ4n) is 3.85. The quantitative estimate of drug-likeness (QED) is 0.437. The van der Waals surface area contributed by atoms with E-state index in [-0.39, 0.29) is 10.7 Å². The molecule has 3 aromatic heterocycles. The number of aromatic nitrogens is 4. The van der Waals surface area contributed by atoms with Crippen molar-refractivity contribution in [2.45, 2.75) is 4.90 Å². The Morgan fingerprint density at radius 2 is 1.81 bits per heavy atom. The SMILES string of the molecule is Cn1ccc2ccc(-c3cc(Nc4cnccc4S(C)(=O)=O)cc4nccnc34)c(F)c21. The molecule has 0 aliphatic heterocycles. The second-order valence-electron chi connectivity index (χ2n) is 7.51. The molecule has 0 fully saturated rings. The smallest absolute Gasteiger partial charge is 0.177 e. The Hall–Kier alpha value is -3.85. The third-order valence-electron chi connectivity index (χ3n) is 5.30. The molecule has 1 N–H and O–H groups in total. The molecule has 0 amide bonds. The maximum absolute atomic E-state index is 15.6. The van der Waals surface area contributed by atoms with Crippen LogP contribution in [0.2, 0.25) is 0 Å². The maximum atomic E-state index is 15.6. The summed E-state index contributed by atoms with van der Waals surface area (Å²) in [5.41, 5.74) is 3.36. The van der Waals surface area contributed by atoms with Crippen LogP contribution in [0.1, 0.15) is 0 Å². The Kier molecular flexibility index (Phi) is 4.63. The molecule has 0 saturated heterocycles. The van der Waals surface area contributed by atoms with Crippen LogP contribution in [0.3, 0.4) is 0 Å². The van der Waals surface area contributed by atoms with E-state index in [1.807, 2.05) is 18.3 Å². The second kappa shape index (κ2) is 7.38. The summed E-state index contributed by atoms with van der Waals surface area (Å²) in [5.74, 6) is -0.364. The number of rotatable bonds is 4. The molecule has 5 aromatic rings. The zero-order valence-electron chi connectivity index (χ0n) is 17.2. The predicted molar refractivity (Wildman–Crippen MR) is 122 cm³/mol. The average molecular weight is 447 g/mol. The van der Waals surface area contributed by atoms with Crippen LogP contribution in [-0.4, -0.2) is 34.2 Å². The molecule has 32 heavy (non-hydrogen) atoms. The van der Waals surface area contributed by atoms with E-state index < -0.39 is 9.84 Å². The first-order chi connectivity index (χ1) is 15.3. The van der Waals surface area contributed by atoms with Crippen molar-refractivity contribution in [1.82, 2.24) is 19.5 Å².